The van der Waals surface area contributed by atoms with Gasteiger partial charge in [-0.1, -0.05) is 6.92 Å². The molecule has 1 aromatic heterocycles. The number of aromatic nitrogens is 1. The van der Waals surface area contributed by atoms with E-state index in [9.17, 15) is 14.7 Å². The lowest BCUT2D eigenvalue weighted by Crippen LogP contribution is -2.31. The van der Waals surface area contributed by atoms with Crippen LogP contribution in [0.3, 0.4) is 0 Å². The summed E-state index contributed by atoms with van der Waals surface area (Å²) in [5.74, 6) is -0.243. The van der Waals surface area contributed by atoms with Crippen LogP contribution in [0.2, 0.25) is 0 Å². The lowest BCUT2D eigenvalue weighted by Gasteiger charge is -2.16. The number of amides is 1. The van der Waals surface area contributed by atoms with Gasteiger partial charge < -0.3 is 19.7 Å². The van der Waals surface area contributed by atoms with Gasteiger partial charge in [0, 0.05) is 37.0 Å². The van der Waals surface area contributed by atoms with E-state index in [0.29, 0.717) is 25.1 Å². The van der Waals surface area contributed by atoms with Crippen molar-refractivity contribution in [3.8, 4) is 0 Å². The van der Waals surface area contributed by atoms with Crippen LogP contribution in [-0.2, 0) is 11.2 Å². The van der Waals surface area contributed by atoms with Crippen molar-refractivity contribution < 1.29 is 14.6 Å². The number of hydrogen-bond donors (Lipinski definition) is 2. The molecule has 0 spiro atoms. The van der Waals surface area contributed by atoms with Crippen LogP contribution >= 0.6 is 0 Å². The minimum absolute atomic E-state index is 0.234. The second-order valence-electron chi connectivity index (χ2n) is 4.88. The highest BCUT2D eigenvalue weighted by atomic mass is 16.5. The van der Waals surface area contributed by atoms with Crippen LogP contribution in [0, 0.1) is 0 Å². The molecule has 1 amide bonds. The summed E-state index contributed by atoms with van der Waals surface area (Å²) in [7, 11) is 0. The van der Waals surface area contributed by atoms with Gasteiger partial charge in [0.15, 0.2) is 0 Å². The Morgan fingerprint density at radius 2 is 2.20 bits per heavy atom. The number of nitrogens with one attached hydrogen (secondary N) is 1. The Hall–Kier alpha value is -1.66. The number of pyridine rings is 1. The molecule has 6 heteroatoms. The molecule has 1 aliphatic heterocycles. The van der Waals surface area contributed by atoms with Crippen LogP contribution < -0.4 is 5.56 Å². The number of aromatic amines is 1. The number of β-amino-alcohol motifs (C(OH)–C–C–N with tert-alkyl or cyclic N) is 1. The van der Waals surface area contributed by atoms with E-state index in [-0.39, 0.29) is 24.1 Å². The summed E-state index contributed by atoms with van der Waals surface area (Å²) >= 11 is 0. The van der Waals surface area contributed by atoms with Crippen molar-refractivity contribution in [2.45, 2.75) is 32.5 Å². The topological polar surface area (TPSA) is 82.6 Å². The lowest BCUT2D eigenvalue weighted by atomic mass is 10.2. The van der Waals surface area contributed by atoms with Gasteiger partial charge in [0.25, 0.3) is 5.91 Å². The van der Waals surface area contributed by atoms with Gasteiger partial charge in [-0.2, -0.15) is 0 Å². The van der Waals surface area contributed by atoms with Crippen molar-refractivity contribution in [1.82, 2.24) is 9.88 Å². The van der Waals surface area contributed by atoms with Crippen molar-refractivity contribution in [2.24, 2.45) is 0 Å². The van der Waals surface area contributed by atoms with E-state index in [1.54, 1.807) is 6.07 Å². The van der Waals surface area contributed by atoms with Gasteiger partial charge in [0.05, 0.1) is 6.10 Å². The van der Waals surface area contributed by atoms with E-state index in [1.165, 1.54) is 11.0 Å². The highest BCUT2D eigenvalue weighted by molar-refractivity contribution is 5.94. The predicted octanol–water partition coefficient (Wildman–Crippen LogP) is 0.159. The van der Waals surface area contributed by atoms with E-state index < -0.39 is 6.10 Å². The second kappa shape index (κ2) is 6.19. The lowest BCUT2D eigenvalue weighted by molar-refractivity contribution is -0.00237. The third kappa shape index (κ3) is 3.08. The summed E-state index contributed by atoms with van der Waals surface area (Å²) in [6.07, 6.45) is -0.372. The van der Waals surface area contributed by atoms with Crippen molar-refractivity contribution in [2.75, 3.05) is 19.7 Å². The van der Waals surface area contributed by atoms with Gasteiger partial charge >= 0.3 is 0 Å². The third-order valence-corrected chi connectivity index (χ3v) is 3.43. The summed E-state index contributed by atoms with van der Waals surface area (Å²) in [5, 5.41) is 9.85. The summed E-state index contributed by atoms with van der Waals surface area (Å²) in [5.41, 5.74) is 0.797. The Morgan fingerprint density at radius 3 is 2.85 bits per heavy atom. The number of aryl methyl sites for hydroxylation is 1. The molecule has 1 fully saturated rings. The van der Waals surface area contributed by atoms with Gasteiger partial charge in [0.2, 0.25) is 5.56 Å². The van der Waals surface area contributed by atoms with Crippen LogP contribution in [0.5, 0.6) is 0 Å². The Bertz CT molecular complexity index is 540. The van der Waals surface area contributed by atoms with Crippen LogP contribution in [0.1, 0.15) is 29.9 Å². The standard InChI is InChI=1S/C14H20N2O4/c1-3-10-5-9(6-13(18)15-10)14(19)16-7-11(17)12(8-16)20-4-2/h5-6,11-12,17H,3-4,7-8H2,1-2H3,(H,15,18)/t11-,12-/m1/s1. The first-order chi connectivity index (χ1) is 9.55. The number of rotatable bonds is 4. The SMILES string of the molecule is CCO[C@@H]1CN(C(=O)c2cc(CC)[nH]c(=O)c2)C[C@H]1O. The molecular formula is C14H20N2O4. The summed E-state index contributed by atoms with van der Waals surface area (Å²) in [6, 6.07) is 2.98. The maximum absolute atomic E-state index is 12.4. The zero-order chi connectivity index (χ0) is 14.7. The minimum atomic E-state index is -0.674. The molecule has 6 nitrogen and oxygen atoms in total. The van der Waals surface area contributed by atoms with Gasteiger partial charge in [-0.25, -0.2) is 0 Å². The molecule has 110 valence electrons. The summed E-state index contributed by atoms with van der Waals surface area (Å²) < 4.78 is 5.39. The van der Waals surface area contributed by atoms with E-state index in [0.717, 1.165) is 5.69 Å². The molecule has 2 heterocycles. The number of carbonyl (C=O) groups is 1. The van der Waals surface area contributed by atoms with Crippen LogP contribution in [-0.4, -0.2) is 52.8 Å². The Balaban J connectivity index is 2.16. The molecule has 0 saturated carbocycles. The first kappa shape index (κ1) is 14.7. The molecule has 2 N–H and O–H groups in total. The number of H-pyrrole nitrogens is 1. The molecule has 1 aliphatic rings. The summed E-state index contributed by atoms with van der Waals surface area (Å²) in [4.78, 5) is 28.1. The molecule has 0 aliphatic carbocycles. The number of aliphatic hydroxyl groups excluding tert-OH is 1. The molecule has 0 bridgehead atoms. The Kier molecular flexibility index (Phi) is 4.57. The van der Waals surface area contributed by atoms with E-state index in [4.69, 9.17) is 4.74 Å². The average Bonchev–Trinajstić information content (AvgIpc) is 2.79. The molecule has 1 aromatic rings. The maximum atomic E-state index is 12.4. The summed E-state index contributed by atoms with van der Waals surface area (Å²) in [6.45, 7) is 4.83. The maximum Gasteiger partial charge on any atom is 0.254 e. The smallest absolute Gasteiger partial charge is 0.254 e. The molecular weight excluding hydrogens is 260 g/mol. The van der Waals surface area contributed by atoms with Crippen molar-refractivity contribution in [3.05, 3.63) is 33.7 Å². The minimum Gasteiger partial charge on any atom is -0.388 e. The number of hydrogen-bond acceptors (Lipinski definition) is 4. The number of carbonyl (C=O) groups excluding carboxylic acids is 1. The Labute approximate surface area is 117 Å². The van der Waals surface area contributed by atoms with Crippen molar-refractivity contribution in [3.63, 3.8) is 0 Å². The first-order valence-electron chi connectivity index (χ1n) is 6.87. The largest absolute Gasteiger partial charge is 0.388 e. The quantitative estimate of drug-likeness (QED) is 0.823. The van der Waals surface area contributed by atoms with Crippen LogP contribution in [0.4, 0.5) is 0 Å². The molecule has 0 radical (unpaired) electrons. The van der Waals surface area contributed by atoms with Crippen LogP contribution in [0.25, 0.3) is 0 Å². The number of nitrogens with zero attached hydrogens (tertiary/aromatic N) is 1. The van der Waals surface area contributed by atoms with Gasteiger partial charge in [-0.05, 0) is 19.4 Å². The fourth-order valence-corrected chi connectivity index (χ4v) is 2.40. The fourth-order valence-electron chi connectivity index (χ4n) is 2.40. The van der Waals surface area contributed by atoms with Crippen LogP contribution in [0.15, 0.2) is 16.9 Å². The second-order valence-corrected chi connectivity index (χ2v) is 4.88. The number of likely N-dealkylation sites (tertiary alicyclic amines) is 1. The molecule has 0 aromatic carbocycles. The highest BCUT2D eigenvalue weighted by Crippen LogP contribution is 2.16. The first-order valence-corrected chi connectivity index (χ1v) is 6.87. The van der Waals surface area contributed by atoms with Crippen molar-refractivity contribution in [1.29, 1.82) is 0 Å². The fraction of sp³-hybridized carbons (Fsp3) is 0.571. The van der Waals surface area contributed by atoms with Gasteiger partial charge in [-0.15, -0.1) is 0 Å². The Morgan fingerprint density at radius 1 is 1.45 bits per heavy atom. The highest BCUT2D eigenvalue weighted by Gasteiger charge is 2.34. The molecule has 20 heavy (non-hydrogen) atoms. The number of aliphatic hydroxyl groups is 1. The van der Waals surface area contributed by atoms with E-state index >= 15 is 0 Å². The molecule has 2 atom stereocenters. The average molecular weight is 280 g/mol. The third-order valence-electron chi connectivity index (χ3n) is 3.43. The van der Waals surface area contributed by atoms with Gasteiger partial charge in [0.1, 0.15) is 6.10 Å². The van der Waals surface area contributed by atoms with E-state index in [2.05, 4.69) is 4.98 Å². The van der Waals surface area contributed by atoms with Gasteiger partial charge in [-0.3, -0.25) is 9.59 Å². The predicted molar refractivity (Wildman–Crippen MR) is 73.8 cm³/mol. The van der Waals surface area contributed by atoms with Crippen molar-refractivity contribution >= 4 is 5.91 Å². The normalized spacial score (nSPS) is 22.2. The monoisotopic (exact) mass is 280 g/mol. The molecule has 0 unspecified atom stereocenters. The zero-order valence-corrected chi connectivity index (χ0v) is 11.8. The van der Waals surface area contributed by atoms with E-state index in [1.807, 2.05) is 13.8 Å². The molecule has 2 rings (SSSR count). The number of ether oxygens (including phenoxy) is 1. The molecule has 1 saturated heterocycles. The zero-order valence-electron chi connectivity index (χ0n) is 11.8.